The van der Waals surface area contributed by atoms with Crippen molar-refractivity contribution in [1.82, 2.24) is 9.55 Å². The number of para-hydroxylation sites is 1. The van der Waals surface area contributed by atoms with E-state index in [0.717, 1.165) is 24.1 Å². The van der Waals surface area contributed by atoms with Crippen LogP contribution in [-0.2, 0) is 24.2 Å². The van der Waals surface area contributed by atoms with Gasteiger partial charge in [0.2, 0.25) is 5.91 Å². The second kappa shape index (κ2) is 9.41. The highest BCUT2D eigenvalue weighted by molar-refractivity contribution is 7.99. The van der Waals surface area contributed by atoms with E-state index in [0.29, 0.717) is 27.6 Å². The molecule has 0 radical (unpaired) electrons. The smallest absolute Gasteiger partial charge is 0.262 e. The molecule has 0 fully saturated rings. The fourth-order valence-electron chi connectivity index (χ4n) is 4.19. The molecule has 1 heterocycles. The van der Waals surface area contributed by atoms with Crippen molar-refractivity contribution >= 4 is 45.9 Å². The zero-order valence-electron chi connectivity index (χ0n) is 17.9. The quantitative estimate of drug-likeness (QED) is 0.303. The minimum Gasteiger partial charge on any atom is -0.325 e. The van der Waals surface area contributed by atoms with Gasteiger partial charge >= 0.3 is 0 Å². The number of aromatic nitrogens is 2. The van der Waals surface area contributed by atoms with Gasteiger partial charge in [-0.25, -0.2) is 4.98 Å². The zero-order chi connectivity index (χ0) is 22.8. The highest BCUT2D eigenvalue weighted by Crippen LogP contribution is 2.25. The summed E-state index contributed by atoms with van der Waals surface area (Å²) in [4.78, 5) is 30.6. The van der Waals surface area contributed by atoms with E-state index < -0.39 is 0 Å². The Labute approximate surface area is 200 Å². The van der Waals surface area contributed by atoms with Crippen molar-refractivity contribution in [2.24, 2.45) is 0 Å². The molecule has 0 bridgehead atoms. The van der Waals surface area contributed by atoms with Gasteiger partial charge < -0.3 is 5.32 Å². The summed E-state index contributed by atoms with van der Waals surface area (Å²) in [6.45, 7) is 0.325. The molecule has 0 unspecified atom stereocenters. The van der Waals surface area contributed by atoms with E-state index in [1.165, 1.54) is 29.3 Å². The Bertz CT molecular complexity index is 1420. The molecule has 1 aliphatic rings. The Kier molecular flexibility index (Phi) is 6.20. The van der Waals surface area contributed by atoms with Crippen LogP contribution in [0.1, 0.15) is 23.1 Å². The summed E-state index contributed by atoms with van der Waals surface area (Å²) in [5.74, 6) is 0.0203. The van der Waals surface area contributed by atoms with E-state index in [9.17, 15) is 9.59 Å². The van der Waals surface area contributed by atoms with Crippen molar-refractivity contribution in [2.45, 2.75) is 31.0 Å². The standard InChI is InChI=1S/C26H22ClN3O2S/c27-20-8-3-5-17(13-20)15-30-25(32)22-9-1-2-10-23(22)29-26(30)33-16-24(31)28-21-12-11-18-6-4-7-19(18)14-21/h1-3,5,8-14H,4,6-7,15-16H2,(H,28,31). The van der Waals surface area contributed by atoms with Gasteiger partial charge in [-0.2, -0.15) is 0 Å². The number of hydrogen-bond acceptors (Lipinski definition) is 4. The lowest BCUT2D eigenvalue weighted by Gasteiger charge is -2.14. The first-order chi connectivity index (χ1) is 16.1. The van der Waals surface area contributed by atoms with E-state index in [1.807, 2.05) is 42.5 Å². The largest absolute Gasteiger partial charge is 0.325 e. The molecule has 33 heavy (non-hydrogen) atoms. The van der Waals surface area contributed by atoms with E-state index in [2.05, 4.69) is 17.4 Å². The molecule has 0 atom stereocenters. The molecule has 1 aromatic heterocycles. The molecule has 166 valence electrons. The summed E-state index contributed by atoms with van der Waals surface area (Å²) < 4.78 is 1.61. The monoisotopic (exact) mass is 475 g/mol. The molecule has 0 spiro atoms. The number of hydrogen-bond donors (Lipinski definition) is 1. The van der Waals surface area contributed by atoms with E-state index in [1.54, 1.807) is 16.7 Å². The molecular weight excluding hydrogens is 454 g/mol. The number of benzene rings is 3. The van der Waals surface area contributed by atoms with Gasteiger partial charge in [-0.1, -0.05) is 53.7 Å². The van der Waals surface area contributed by atoms with E-state index >= 15 is 0 Å². The number of nitrogens with one attached hydrogen (secondary N) is 1. The zero-order valence-corrected chi connectivity index (χ0v) is 19.5. The third-order valence-corrected chi connectivity index (χ3v) is 6.98. The molecule has 1 aliphatic carbocycles. The second-order valence-electron chi connectivity index (χ2n) is 8.11. The lowest BCUT2D eigenvalue weighted by Crippen LogP contribution is -2.25. The summed E-state index contributed by atoms with van der Waals surface area (Å²) in [5, 5.41) is 4.64. The van der Waals surface area contributed by atoms with Gasteiger partial charge in [0.25, 0.3) is 5.56 Å². The predicted molar refractivity (Wildman–Crippen MR) is 134 cm³/mol. The van der Waals surface area contributed by atoms with Crippen LogP contribution in [0.15, 0.2) is 76.7 Å². The predicted octanol–water partition coefficient (Wildman–Crippen LogP) is 5.32. The first-order valence-electron chi connectivity index (χ1n) is 10.9. The topological polar surface area (TPSA) is 64.0 Å². The number of anilines is 1. The SMILES string of the molecule is O=C(CSc1nc2ccccc2c(=O)n1Cc1cccc(Cl)c1)Nc1ccc2c(c1)CCC2. The van der Waals surface area contributed by atoms with Crippen LogP contribution < -0.4 is 10.9 Å². The average molecular weight is 476 g/mol. The lowest BCUT2D eigenvalue weighted by atomic mass is 10.1. The molecule has 0 aliphatic heterocycles. The molecule has 5 nitrogen and oxygen atoms in total. The maximum atomic E-state index is 13.3. The number of rotatable bonds is 6. The Hall–Kier alpha value is -3.09. The average Bonchev–Trinajstić information content (AvgIpc) is 3.28. The van der Waals surface area contributed by atoms with Gasteiger partial charge in [0.1, 0.15) is 0 Å². The molecule has 0 saturated heterocycles. The number of fused-ring (bicyclic) bond motifs is 2. The summed E-state index contributed by atoms with van der Waals surface area (Å²) in [6, 6.07) is 20.8. The van der Waals surface area contributed by atoms with Crippen LogP contribution in [-0.4, -0.2) is 21.2 Å². The molecule has 1 amide bonds. The van der Waals surface area contributed by atoms with Crippen molar-refractivity contribution in [2.75, 3.05) is 11.1 Å². The van der Waals surface area contributed by atoms with Gasteiger partial charge in [0.15, 0.2) is 5.16 Å². The van der Waals surface area contributed by atoms with E-state index in [4.69, 9.17) is 16.6 Å². The number of carbonyl (C=O) groups excluding carboxylic acids is 1. The van der Waals surface area contributed by atoms with E-state index in [-0.39, 0.29) is 17.2 Å². The second-order valence-corrected chi connectivity index (χ2v) is 9.49. The minimum atomic E-state index is -0.137. The number of amides is 1. The summed E-state index contributed by atoms with van der Waals surface area (Å²) in [6.07, 6.45) is 3.34. The van der Waals surface area contributed by atoms with Crippen LogP contribution in [0.3, 0.4) is 0 Å². The van der Waals surface area contributed by atoms with Crippen molar-refractivity contribution in [1.29, 1.82) is 0 Å². The highest BCUT2D eigenvalue weighted by atomic mass is 35.5. The van der Waals surface area contributed by atoms with Gasteiger partial charge in [-0.15, -0.1) is 0 Å². The summed E-state index contributed by atoms with van der Waals surface area (Å²) in [7, 11) is 0. The van der Waals surface area contributed by atoms with Crippen LogP contribution in [0.4, 0.5) is 5.69 Å². The van der Waals surface area contributed by atoms with Crippen molar-refractivity contribution < 1.29 is 4.79 Å². The number of carbonyl (C=O) groups is 1. The maximum Gasteiger partial charge on any atom is 0.262 e. The van der Waals surface area contributed by atoms with Crippen LogP contribution in [0.2, 0.25) is 5.02 Å². The summed E-state index contributed by atoms with van der Waals surface area (Å²) >= 11 is 7.40. The van der Waals surface area contributed by atoms with Gasteiger partial charge in [0.05, 0.1) is 23.2 Å². The number of halogens is 1. The molecular formula is C26H22ClN3O2S. The number of thioether (sulfide) groups is 1. The lowest BCUT2D eigenvalue weighted by molar-refractivity contribution is -0.113. The maximum absolute atomic E-state index is 13.3. The molecule has 1 N–H and O–H groups in total. The fraction of sp³-hybridized carbons (Fsp3) is 0.192. The normalized spacial score (nSPS) is 12.6. The Morgan fingerprint density at radius 2 is 1.88 bits per heavy atom. The van der Waals surface area contributed by atoms with Crippen molar-refractivity contribution in [3.05, 3.63) is 98.8 Å². The van der Waals surface area contributed by atoms with Gasteiger partial charge in [0, 0.05) is 10.7 Å². The van der Waals surface area contributed by atoms with Gasteiger partial charge in [-0.3, -0.25) is 14.2 Å². The minimum absolute atomic E-state index is 0.130. The summed E-state index contributed by atoms with van der Waals surface area (Å²) in [5.41, 5.74) is 4.86. The van der Waals surface area contributed by atoms with Crippen LogP contribution in [0, 0.1) is 0 Å². The number of aryl methyl sites for hydroxylation is 2. The molecule has 5 rings (SSSR count). The van der Waals surface area contributed by atoms with Crippen molar-refractivity contribution in [3.63, 3.8) is 0 Å². The van der Waals surface area contributed by atoms with Crippen LogP contribution in [0.25, 0.3) is 10.9 Å². The van der Waals surface area contributed by atoms with Gasteiger partial charge in [-0.05, 0) is 72.4 Å². The third-order valence-electron chi connectivity index (χ3n) is 5.77. The van der Waals surface area contributed by atoms with Crippen molar-refractivity contribution in [3.8, 4) is 0 Å². The Morgan fingerprint density at radius 1 is 1.03 bits per heavy atom. The Morgan fingerprint density at radius 3 is 2.76 bits per heavy atom. The highest BCUT2D eigenvalue weighted by Gasteiger charge is 2.15. The van der Waals surface area contributed by atoms with Crippen LogP contribution in [0.5, 0.6) is 0 Å². The molecule has 7 heteroatoms. The Balaban J connectivity index is 1.39. The van der Waals surface area contributed by atoms with Crippen LogP contribution >= 0.6 is 23.4 Å². The first kappa shape index (κ1) is 21.7. The third kappa shape index (κ3) is 4.82. The first-order valence-corrected chi connectivity index (χ1v) is 12.2. The fourth-order valence-corrected chi connectivity index (χ4v) is 5.20. The molecule has 0 saturated carbocycles. The molecule has 4 aromatic rings. The molecule has 3 aromatic carbocycles. The number of nitrogens with zero attached hydrogens (tertiary/aromatic N) is 2.